The predicted octanol–water partition coefficient (Wildman–Crippen LogP) is 2.54. The van der Waals surface area contributed by atoms with Crippen LogP contribution in [0.25, 0.3) is 0 Å². The highest BCUT2D eigenvalue weighted by Gasteiger charge is 2.35. The summed E-state index contributed by atoms with van der Waals surface area (Å²) in [6.45, 7) is 0. The second-order valence-electron chi connectivity index (χ2n) is 3.69. The summed E-state index contributed by atoms with van der Waals surface area (Å²) in [7, 11) is 0. The molecular formula is C12H10F3N3. The van der Waals surface area contributed by atoms with E-state index in [1.165, 1.54) is 6.20 Å². The van der Waals surface area contributed by atoms with Gasteiger partial charge in [0.05, 0.1) is 17.3 Å². The first-order valence-corrected chi connectivity index (χ1v) is 5.18. The molecule has 0 aliphatic heterocycles. The summed E-state index contributed by atoms with van der Waals surface area (Å²) in [5.74, 6) is 0. The van der Waals surface area contributed by atoms with Gasteiger partial charge >= 0.3 is 6.18 Å². The fourth-order valence-corrected chi connectivity index (χ4v) is 1.63. The molecule has 94 valence electrons. The third-order valence-corrected chi connectivity index (χ3v) is 2.50. The van der Waals surface area contributed by atoms with E-state index in [1.807, 2.05) is 0 Å². The first-order chi connectivity index (χ1) is 8.50. The van der Waals surface area contributed by atoms with Crippen LogP contribution in [0.5, 0.6) is 0 Å². The lowest BCUT2D eigenvalue weighted by molar-refractivity contribution is -0.138. The van der Waals surface area contributed by atoms with E-state index < -0.39 is 17.8 Å². The van der Waals surface area contributed by atoms with Crippen LogP contribution in [0.2, 0.25) is 0 Å². The zero-order valence-corrected chi connectivity index (χ0v) is 9.22. The third kappa shape index (κ3) is 2.48. The van der Waals surface area contributed by atoms with Crippen LogP contribution in [0, 0.1) is 0 Å². The molecule has 2 heterocycles. The van der Waals surface area contributed by atoms with E-state index in [-0.39, 0.29) is 5.56 Å². The van der Waals surface area contributed by atoms with Gasteiger partial charge in [0.25, 0.3) is 0 Å². The number of rotatable bonds is 2. The van der Waals surface area contributed by atoms with Crippen molar-refractivity contribution in [2.24, 2.45) is 5.73 Å². The number of hydrogen-bond acceptors (Lipinski definition) is 3. The largest absolute Gasteiger partial charge is 0.416 e. The minimum absolute atomic E-state index is 0.0799. The minimum atomic E-state index is -4.45. The Morgan fingerprint density at radius 2 is 1.89 bits per heavy atom. The van der Waals surface area contributed by atoms with Crippen molar-refractivity contribution in [3.8, 4) is 0 Å². The maximum Gasteiger partial charge on any atom is 0.416 e. The topological polar surface area (TPSA) is 51.8 Å². The maximum atomic E-state index is 12.8. The van der Waals surface area contributed by atoms with E-state index in [4.69, 9.17) is 5.73 Å². The first kappa shape index (κ1) is 12.5. The van der Waals surface area contributed by atoms with Gasteiger partial charge in [-0.25, -0.2) is 0 Å². The molecule has 0 saturated heterocycles. The molecule has 18 heavy (non-hydrogen) atoms. The number of pyridine rings is 2. The molecular weight excluding hydrogens is 243 g/mol. The number of nitrogens with zero attached hydrogens (tertiary/aromatic N) is 2. The van der Waals surface area contributed by atoms with Gasteiger partial charge in [-0.2, -0.15) is 13.2 Å². The molecule has 6 heteroatoms. The Morgan fingerprint density at radius 3 is 2.50 bits per heavy atom. The zero-order chi connectivity index (χ0) is 13.2. The van der Waals surface area contributed by atoms with Crippen molar-refractivity contribution in [3.63, 3.8) is 0 Å². The lowest BCUT2D eigenvalue weighted by Crippen LogP contribution is -2.19. The van der Waals surface area contributed by atoms with Crippen LogP contribution in [0.3, 0.4) is 0 Å². The Labute approximate surface area is 101 Å². The molecule has 0 spiro atoms. The molecule has 0 radical (unpaired) electrons. The monoisotopic (exact) mass is 253 g/mol. The van der Waals surface area contributed by atoms with E-state index >= 15 is 0 Å². The van der Waals surface area contributed by atoms with Crippen LogP contribution in [0.4, 0.5) is 13.2 Å². The minimum Gasteiger partial charge on any atom is -0.319 e. The average Bonchev–Trinajstić information content (AvgIpc) is 2.38. The lowest BCUT2D eigenvalue weighted by atomic mass is 10.0. The van der Waals surface area contributed by atoms with Gasteiger partial charge in [-0.1, -0.05) is 6.07 Å². The average molecular weight is 253 g/mol. The van der Waals surface area contributed by atoms with Gasteiger partial charge in [0.15, 0.2) is 0 Å². The molecule has 0 aromatic carbocycles. The highest BCUT2D eigenvalue weighted by molar-refractivity contribution is 5.34. The Morgan fingerprint density at radius 1 is 1.11 bits per heavy atom. The van der Waals surface area contributed by atoms with Gasteiger partial charge in [0, 0.05) is 24.2 Å². The Balaban J connectivity index is 2.46. The van der Waals surface area contributed by atoms with Crippen LogP contribution >= 0.6 is 0 Å². The standard InChI is InChI=1S/C12H10F3N3/c13-12(14,15)9-4-6-17-7-8(9)11(16)10-3-1-2-5-18-10/h1-7,11H,16H2. The summed E-state index contributed by atoms with van der Waals surface area (Å²) in [5.41, 5.74) is 5.32. The summed E-state index contributed by atoms with van der Waals surface area (Å²) < 4.78 is 38.5. The second kappa shape index (κ2) is 4.73. The molecule has 0 saturated carbocycles. The first-order valence-electron chi connectivity index (χ1n) is 5.18. The molecule has 0 bridgehead atoms. The Bertz CT molecular complexity index is 526. The highest BCUT2D eigenvalue weighted by atomic mass is 19.4. The third-order valence-electron chi connectivity index (χ3n) is 2.50. The molecule has 0 aliphatic carbocycles. The van der Waals surface area contributed by atoms with Gasteiger partial charge in [-0.3, -0.25) is 9.97 Å². The number of nitrogens with two attached hydrogens (primary N) is 1. The molecule has 0 fully saturated rings. The van der Waals surface area contributed by atoms with Gasteiger partial charge in [0.1, 0.15) is 0 Å². The molecule has 1 atom stereocenters. The van der Waals surface area contributed by atoms with E-state index in [9.17, 15) is 13.2 Å². The molecule has 0 amide bonds. The lowest BCUT2D eigenvalue weighted by Gasteiger charge is -2.17. The van der Waals surface area contributed by atoms with Crippen molar-refractivity contribution in [2.45, 2.75) is 12.2 Å². The van der Waals surface area contributed by atoms with Crippen LogP contribution in [0.1, 0.15) is 22.9 Å². The van der Waals surface area contributed by atoms with Crippen molar-refractivity contribution in [1.82, 2.24) is 9.97 Å². The van der Waals surface area contributed by atoms with Crippen molar-refractivity contribution >= 4 is 0 Å². The van der Waals surface area contributed by atoms with Gasteiger partial charge in [-0.05, 0) is 18.2 Å². The van der Waals surface area contributed by atoms with Crippen molar-refractivity contribution in [1.29, 1.82) is 0 Å². The second-order valence-corrected chi connectivity index (χ2v) is 3.69. The molecule has 0 aliphatic rings. The van der Waals surface area contributed by atoms with Gasteiger partial charge < -0.3 is 5.73 Å². The van der Waals surface area contributed by atoms with Crippen molar-refractivity contribution in [3.05, 3.63) is 59.7 Å². The molecule has 2 N–H and O–H groups in total. The number of aromatic nitrogens is 2. The summed E-state index contributed by atoms with van der Waals surface area (Å²) in [6, 6.07) is 4.89. The van der Waals surface area contributed by atoms with Crippen LogP contribution in [-0.4, -0.2) is 9.97 Å². The Hall–Kier alpha value is -1.95. The van der Waals surface area contributed by atoms with Crippen molar-refractivity contribution < 1.29 is 13.2 Å². The summed E-state index contributed by atoms with van der Waals surface area (Å²) in [5, 5.41) is 0. The Kier molecular flexibility index (Phi) is 3.29. The van der Waals surface area contributed by atoms with Gasteiger partial charge in [0.2, 0.25) is 0 Å². The molecule has 1 unspecified atom stereocenters. The van der Waals surface area contributed by atoms with E-state index in [0.717, 1.165) is 18.5 Å². The smallest absolute Gasteiger partial charge is 0.319 e. The van der Waals surface area contributed by atoms with E-state index in [2.05, 4.69) is 9.97 Å². The van der Waals surface area contributed by atoms with E-state index in [1.54, 1.807) is 18.2 Å². The molecule has 2 aromatic heterocycles. The van der Waals surface area contributed by atoms with Crippen LogP contribution < -0.4 is 5.73 Å². The quantitative estimate of drug-likeness (QED) is 0.894. The number of alkyl halides is 3. The van der Waals surface area contributed by atoms with Crippen molar-refractivity contribution in [2.75, 3.05) is 0 Å². The summed E-state index contributed by atoms with van der Waals surface area (Å²) >= 11 is 0. The SMILES string of the molecule is NC(c1ccccn1)c1cnccc1C(F)(F)F. The van der Waals surface area contributed by atoms with Gasteiger partial charge in [-0.15, -0.1) is 0 Å². The normalized spacial score (nSPS) is 13.3. The molecule has 2 aromatic rings. The maximum absolute atomic E-state index is 12.8. The number of hydrogen-bond donors (Lipinski definition) is 1. The summed E-state index contributed by atoms with van der Waals surface area (Å²) in [4.78, 5) is 7.66. The predicted molar refractivity (Wildman–Crippen MR) is 59.5 cm³/mol. The molecule has 3 nitrogen and oxygen atoms in total. The van der Waals surface area contributed by atoms with Crippen LogP contribution in [-0.2, 0) is 6.18 Å². The van der Waals surface area contributed by atoms with E-state index in [0.29, 0.717) is 5.69 Å². The van der Waals surface area contributed by atoms with Crippen LogP contribution in [0.15, 0.2) is 42.9 Å². The zero-order valence-electron chi connectivity index (χ0n) is 9.22. The fourth-order valence-electron chi connectivity index (χ4n) is 1.63. The molecule has 2 rings (SSSR count). The number of halogens is 3. The fraction of sp³-hybridized carbons (Fsp3) is 0.167. The highest BCUT2D eigenvalue weighted by Crippen LogP contribution is 2.34. The summed E-state index contributed by atoms with van der Waals surface area (Å²) in [6.07, 6.45) is -0.747.